The Bertz CT molecular complexity index is 552. The Morgan fingerprint density at radius 2 is 1.95 bits per heavy atom. The Balaban J connectivity index is 2.34. The molecule has 19 heavy (non-hydrogen) atoms. The van der Waals surface area contributed by atoms with Crippen LogP contribution in [0.2, 0.25) is 5.02 Å². The summed E-state index contributed by atoms with van der Waals surface area (Å²) in [6, 6.07) is 12.3. The van der Waals surface area contributed by atoms with Gasteiger partial charge >= 0.3 is 0 Å². The summed E-state index contributed by atoms with van der Waals surface area (Å²) in [5, 5.41) is 0.386. The van der Waals surface area contributed by atoms with Gasteiger partial charge in [0.2, 0.25) is 0 Å². The van der Waals surface area contributed by atoms with Crippen molar-refractivity contribution in [3.63, 3.8) is 0 Å². The third-order valence-corrected chi connectivity index (χ3v) is 3.56. The number of rotatable bonds is 4. The van der Waals surface area contributed by atoms with Crippen LogP contribution in [0, 0.1) is 12.7 Å². The fraction of sp³-hybridized carbons (Fsp3) is 0.200. The van der Waals surface area contributed by atoms with E-state index < -0.39 is 0 Å². The van der Waals surface area contributed by atoms with E-state index in [0.29, 0.717) is 17.0 Å². The van der Waals surface area contributed by atoms with Gasteiger partial charge in [-0.2, -0.15) is 0 Å². The van der Waals surface area contributed by atoms with Crippen LogP contribution in [0.1, 0.15) is 22.7 Å². The van der Waals surface area contributed by atoms with Crippen molar-refractivity contribution < 1.29 is 4.39 Å². The van der Waals surface area contributed by atoms with Crippen LogP contribution in [-0.2, 0) is 6.42 Å². The molecule has 2 nitrogen and oxygen atoms in total. The maximum Gasteiger partial charge on any atom is 0.129 e. The maximum atomic E-state index is 13.9. The van der Waals surface area contributed by atoms with Crippen LogP contribution in [0.25, 0.3) is 0 Å². The number of halogens is 2. The largest absolute Gasteiger partial charge is 0.271 e. The highest BCUT2D eigenvalue weighted by molar-refractivity contribution is 6.31. The molecule has 0 saturated carbocycles. The Kier molecular flexibility index (Phi) is 4.53. The van der Waals surface area contributed by atoms with Gasteiger partial charge in [0, 0.05) is 10.6 Å². The van der Waals surface area contributed by atoms with E-state index in [9.17, 15) is 4.39 Å². The molecule has 2 aromatic carbocycles. The van der Waals surface area contributed by atoms with Crippen LogP contribution in [0.3, 0.4) is 0 Å². The standard InChI is InChI=1S/C15H16ClFN2/c1-10-5-2-3-6-11(10)9-14(19-18)15-12(16)7-4-8-13(15)17/h2-8,14,19H,9,18H2,1H3. The quantitative estimate of drug-likeness (QED) is 0.663. The zero-order valence-corrected chi connectivity index (χ0v) is 11.4. The first-order valence-corrected chi connectivity index (χ1v) is 6.46. The Labute approximate surface area is 117 Å². The second-order valence-electron chi connectivity index (χ2n) is 4.49. The number of nitrogens with two attached hydrogens (primary N) is 1. The van der Waals surface area contributed by atoms with Gasteiger partial charge in [-0.1, -0.05) is 41.9 Å². The minimum absolute atomic E-state index is 0.343. The van der Waals surface area contributed by atoms with Crippen LogP contribution in [0.4, 0.5) is 4.39 Å². The zero-order valence-electron chi connectivity index (χ0n) is 10.7. The lowest BCUT2D eigenvalue weighted by atomic mass is 9.96. The number of hydrogen-bond acceptors (Lipinski definition) is 2. The maximum absolute atomic E-state index is 13.9. The van der Waals surface area contributed by atoms with Crippen LogP contribution < -0.4 is 11.3 Å². The summed E-state index contributed by atoms with van der Waals surface area (Å²) in [6.45, 7) is 2.02. The first kappa shape index (κ1) is 14.0. The summed E-state index contributed by atoms with van der Waals surface area (Å²) < 4.78 is 13.9. The number of hydrazine groups is 1. The molecule has 1 unspecified atom stereocenters. The van der Waals surface area contributed by atoms with Gasteiger partial charge < -0.3 is 0 Å². The Morgan fingerprint density at radius 3 is 2.58 bits per heavy atom. The molecule has 0 saturated heterocycles. The van der Waals surface area contributed by atoms with E-state index in [1.54, 1.807) is 12.1 Å². The average molecular weight is 279 g/mol. The smallest absolute Gasteiger partial charge is 0.129 e. The number of aryl methyl sites for hydroxylation is 1. The van der Waals surface area contributed by atoms with Crippen molar-refractivity contribution in [2.45, 2.75) is 19.4 Å². The lowest BCUT2D eigenvalue weighted by molar-refractivity contribution is 0.510. The summed E-state index contributed by atoms with van der Waals surface area (Å²) in [7, 11) is 0. The summed E-state index contributed by atoms with van der Waals surface area (Å²) in [5.41, 5.74) is 5.33. The molecule has 0 fully saturated rings. The molecular formula is C15H16ClFN2. The van der Waals surface area contributed by atoms with Crippen molar-refractivity contribution in [1.82, 2.24) is 5.43 Å². The molecule has 3 N–H and O–H groups in total. The van der Waals surface area contributed by atoms with E-state index in [0.717, 1.165) is 11.1 Å². The van der Waals surface area contributed by atoms with Crippen molar-refractivity contribution in [2.75, 3.05) is 0 Å². The van der Waals surface area contributed by atoms with Gasteiger partial charge in [-0.3, -0.25) is 11.3 Å². The van der Waals surface area contributed by atoms with Crippen LogP contribution in [0.15, 0.2) is 42.5 Å². The number of nitrogens with one attached hydrogen (secondary N) is 1. The van der Waals surface area contributed by atoms with Crippen LogP contribution in [-0.4, -0.2) is 0 Å². The van der Waals surface area contributed by atoms with E-state index in [4.69, 9.17) is 17.4 Å². The Hall–Kier alpha value is -1.42. The zero-order chi connectivity index (χ0) is 13.8. The minimum Gasteiger partial charge on any atom is -0.271 e. The predicted molar refractivity (Wildman–Crippen MR) is 76.4 cm³/mol. The predicted octanol–water partition coefficient (Wildman–Crippen LogP) is 3.53. The molecule has 2 rings (SSSR count). The summed E-state index contributed by atoms with van der Waals surface area (Å²) in [5.74, 6) is 5.22. The van der Waals surface area contributed by atoms with Gasteiger partial charge in [-0.25, -0.2) is 4.39 Å². The normalized spacial score (nSPS) is 12.4. The van der Waals surface area contributed by atoms with Crippen molar-refractivity contribution in [3.8, 4) is 0 Å². The fourth-order valence-electron chi connectivity index (χ4n) is 2.15. The highest BCUT2D eigenvalue weighted by atomic mass is 35.5. The topological polar surface area (TPSA) is 38.0 Å². The van der Waals surface area contributed by atoms with Crippen molar-refractivity contribution >= 4 is 11.6 Å². The van der Waals surface area contributed by atoms with E-state index >= 15 is 0 Å². The van der Waals surface area contributed by atoms with Crippen molar-refractivity contribution in [2.24, 2.45) is 5.84 Å². The molecule has 0 aromatic heterocycles. The van der Waals surface area contributed by atoms with Crippen LogP contribution in [0.5, 0.6) is 0 Å². The molecule has 0 aliphatic rings. The molecule has 0 radical (unpaired) electrons. The molecule has 0 spiro atoms. The monoisotopic (exact) mass is 278 g/mol. The first-order chi connectivity index (χ1) is 9.13. The molecule has 0 heterocycles. The van der Waals surface area contributed by atoms with Gasteiger partial charge in [-0.15, -0.1) is 0 Å². The number of hydrogen-bond donors (Lipinski definition) is 2. The number of benzene rings is 2. The van der Waals surface area contributed by atoms with Gasteiger partial charge in [0.05, 0.1) is 6.04 Å². The van der Waals surface area contributed by atoms with Gasteiger partial charge in [0.1, 0.15) is 5.82 Å². The van der Waals surface area contributed by atoms with Gasteiger partial charge in [0.15, 0.2) is 0 Å². The fourth-order valence-corrected chi connectivity index (χ4v) is 2.44. The van der Waals surface area contributed by atoms with E-state index in [1.165, 1.54) is 6.07 Å². The van der Waals surface area contributed by atoms with Gasteiger partial charge in [0.25, 0.3) is 0 Å². The average Bonchev–Trinajstić information content (AvgIpc) is 2.39. The third-order valence-electron chi connectivity index (χ3n) is 3.23. The van der Waals surface area contributed by atoms with Crippen molar-refractivity contribution in [3.05, 3.63) is 70.0 Å². The van der Waals surface area contributed by atoms with E-state index in [2.05, 4.69) is 5.43 Å². The lowest BCUT2D eigenvalue weighted by Gasteiger charge is -2.19. The van der Waals surface area contributed by atoms with Crippen LogP contribution >= 0.6 is 11.6 Å². The first-order valence-electron chi connectivity index (χ1n) is 6.08. The lowest BCUT2D eigenvalue weighted by Crippen LogP contribution is -2.30. The molecule has 0 aliphatic heterocycles. The molecule has 0 amide bonds. The van der Waals surface area contributed by atoms with Gasteiger partial charge in [-0.05, 0) is 36.6 Å². The molecule has 0 aliphatic carbocycles. The second-order valence-corrected chi connectivity index (χ2v) is 4.89. The summed E-state index contributed by atoms with van der Waals surface area (Å²) in [6.07, 6.45) is 0.587. The molecular weight excluding hydrogens is 263 g/mol. The second kappa shape index (κ2) is 6.15. The molecule has 4 heteroatoms. The highest BCUT2D eigenvalue weighted by Crippen LogP contribution is 2.28. The molecule has 2 aromatic rings. The third kappa shape index (κ3) is 3.13. The molecule has 1 atom stereocenters. The van der Waals surface area contributed by atoms with E-state index in [1.807, 2.05) is 31.2 Å². The molecule has 0 bridgehead atoms. The highest BCUT2D eigenvalue weighted by Gasteiger charge is 2.18. The van der Waals surface area contributed by atoms with Crippen molar-refractivity contribution in [1.29, 1.82) is 0 Å². The molecule has 100 valence electrons. The SMILES string of the molecule is Cc1ccccc1CC(NN)c1c(F)cccc1Cl. The minimum atomic E-state index is -0.352. The Morgan fingerprint density at radius 1 is 1.21 bits per heavy atom. The summed E-state index contributed by atoms with van der Waals surface area (Å²) in [4.78, 5) is 0. The van der Waals surface area contributed by atoms with E-state index in [-0.39, 0.29) is 11.9 Å². The summed E-state index contributed by atoms with van der Waals surface area (Å²) >= 11 is 6.07.